The highest BCUT2D eigenvalue weighted by Crippen LogP contribution is 2.22. The highest BCUT2D eigenvalue weighted by Gasteiger charge is 2.26. The number of cyclic esters (lactones) is 1. The normalized spacial score (nSPS) is 14.1. The van der Waals surface area contributed by atoms with Crippen molar-refractivity contribution in [2.45, 2.75) is 0 Å². The second-order valence-corrected chi connectivity index (χ2v) is 3.67. The second kappa shape index (κ2) is 4.80. The largest absolute Gasteiger partial charge is 0.507 e. The number of aromatic hydroxyl groups is 1. The van der Waals surface area contributed by atoms with Crippen LogP contribution in [-0.4, -0.2) is 40.2 Å². The van der Waals surface area contributed by atoms with Gasteiger partial charge in [-0.15, -0.1) is 0 Å². The van der Waals surface area contributed by atoms with Crippen LogP contribution in [0.1, 0.15) is 10.4 Å². The van der Waals surface area contributed by atoms with Crippen LogP contribution in [0.5, 0.6) is 5.75 Å². The predicted octanol–water partition coefficient (Wildman–Crippen LogP) is 0.397. The Morgan fingerprint density at radius 1 is 1.53 bits per heavy atom. The summed E-state index contributed by atoms with van der Waals surface area (Å²) in [6.45, 7) is 0.306. The third kappa shape index (κ3) is 2.54. The molecule has 0 unspecified atom stereocenters. The molecule has 0 saturated carbocycles. The SMILES string of the molecule is O=C(NN1CCOC1=O)c1cc([N+](=O)[O-])ccc1O. The van der Waals surface area contributed by atoms with E-state index in [0.29, 0.717) is 0 Å². The van der Waals surface area contributed by atoms with Crippen LogP contribution in [-0.2, 0) is 4.74 Å². The van der Waals surface area contributed by atoms with Gasteiger partial charge in [0.2, 0.25) is 0 Å². The molecule has 9 heteroatoms. The molecule has 0 aromatic heterocycles. The van der Waals surface area contributed by atoms with E-state index in [9.17, 15) is 24.8 Å². The molecule has 1 fully saturated rings. The minimum absolute atomic E-state index is 0.139. The van der Waals surface area contributed by atoms with Crippen molar-refractivity contribution in [1.82, 2.24) is 10.4 Å². The number of phenols is 1. The second-order valence-electron chi connectivity index (χ2n) is 3.67. The molecule has 19 heavy (non-hydrogen) atoms. The van der Waals surface area contributed by atoms with Crippen molar-refractivity contribution in [3.8, 4) is 5.75 Å². The zero-order valence-corrected chi connectivity index (χ0v) is 9.53. The predicted molar refractivity (Wildman–Crippen MR) is 60.3 cm³/mol. The average Bonchev–Trinajstić information content (AvgIpc) is 2.75. The summed E-state index contributed by atoms with van der Waals surface area (Å²) in [5.41, 5.74) is 1.55. The van der Waals surface area contributed by atoms with Gasteiger partial charge >= 0.3 is 6.09 Å². The van der Waals surface area contributed by atoms with Gasteiger partial charge in [-0.1, -0.05) is 0 Å². The Bertz CT molecular complexity index is 558. The molecule has 2 rings (SSSR count). The number of hydrogen-bond donors (Lipinski definition) is 2. The maximum absolute atomic E-state index is 11.8. The number of carbonyl (C=O) groups excluding carboxylic acids is 2. The standard InChI is InChI=1S/C10H9N3O6/c14-8-2-1-6(13(17)18)5-7(8)9(15)11-12-3-4-19-10(12)16/h1-2,5,14H,3-4H2,(H,11,15). The average molecular weight is 267 g/mol. The van der Waals surface area contributed by atoms with Gasteiger partial charge in [0.25, 0.3) is 11.6 Å². The Morgan fingerprint density at radius 3 is 2.84 bits per heavy atom. The maximum atomic E-state index is 11.8. The number of hydrogen-bond acceptors (Lipinski definition) is 6. The molecule has 0 bridgehead atoms. The zero-order valence-electron chi connectivity index (χ0n) is 9.53. The van der Waals surface area contributed by atoms with Gasteiger partial charge in [-0.3, -0.25) is 20.3 Å². The van der Waals surface area contributed by atoms with Crippen molar-refractivity contribution < 1.29 is 24.4 Å². The Balaban J connectivity index is 2.20. The Kier molecular flexibility index (Phi) is 3.19. The topological polar surface area (TPSA) is 122 Å². The summed E-state index contributed by atoms with van der Waals surface area (Å²) in [6.07, 6.45) is -0.724. The van der Waals surface area contributed by atoms with Gasteiger partial charge in [-0.25, -0.2) is 9.80 Å². The molecule has 2 N–H and O–H groups in total. The van der Waals surface area contributed by atoms with Crippen molar-refractivity contribution in [1.29, 1.82) is 0 Å². The first-order chi connectivity index (χ1) is 8.99. The number of nitro benzene ring substituents is 1. The molecule has 1 aromatic carbocycles. The van der Waals surface area contributed by atoms with Crippen LogP contribution in [0.15, 0.2) is 18.2 Å². The Morgan fingerprint density at radius 2 is 2.26 bits per heavy atom. The van der Waals surface area contributed by atoms with E-state index in [1.54, 1.807) is 0 Å². The summed E-state index contributed by atoms with van der Waals surface area (Å²) in [6, 6.07) is 3.03. The van der Waals surface area contributed by atoms with Crippen molar-refractivity contribution in [3.05, 3.63) is 33.9 Å². The van der Waals surface area contributed by atoms with E-state index >= 15 is 0 Å². The molecule has 1 aromatic rings. The van der Waals surface area contributed by atoms with E-state index in [1.165, 1.54) is 0 Å². The van der Waals surface area contributed by atoms with Crippen LogP contribution < -0.4 is 5.43 Å². The molecule has 1 saturated heterocycles. The monoisotopic (exact) mass is 267 g/mol. The van der Waals surface area contributed by atoms with Gasteiger partial charge in [-0.2, -0.15) is 0 Å². The van der Waals surface area contributed by atoms with E-state index in [1.807, 2.05) is 0 Å². The lowest BCUT2D eigenvalue weighted by molar-refractivity contribution is -0.384. The summed E-state index contributed by atoms with van der Waals surface area (Å²) >= 11 is 0. The number of rotatable bonds is 3. The van der Waals surface area contributed by atoms with Crippen LogP contribution in [0.3, 0.4) is 0 Å². The highest BCUT2D eigenvalue weighted by molar-refractivity contribution is 5.98. The number of benzene rings is 1. The van der Waals surface area contributed by atoms with Gasteiger partial charge in [0.05, 0.1) is 17.0 Å². The summed E-state index contributed by atoms with van der Waals surface area (Å²) in [5.74, 6) is -1.25. The molecule has 9 nitrogen and oxygen atoms in total. The van der Waals surface area contributed by atoms with E-state index < -0.39 is 22.7 Å². The lowest BCUT2D eigenvalue weighted by atomic mass is 10.1. The quantitative estimate of drug-likeness (QED) is 0.603. The van der Waals surface area contributed by atoms with Crippen LogP contribution in [0.2, 0.25) is 0 Å². The maximum Gasteiger partial charge on any atom is 0.428 e. The summed E-state index contributed by atoms with van der Waals surface area (Å²) in [7, 11) is 0. The third-order valence-corrected chi connectivity index (χ3v) is 2.43. The molecule has 0 radical (unpaired) electrons. The van der Waals surface area contributed by atoms with E-state index in [2.05, 4.69) is 10.2 Å². The Hall–Kier alpha value is -2.84. The van der Waals surface area contributed by atoms with E-state index in [0.717, 1.165) is 23.2 Å². The minimum atomic E-state index is -0.833. The first-order valence-electron chi connectivity index (χ1n) is 5.21. The van der Waals surface area contributed by atoms with Crippen molar-refractivity contribution in [2.24, 2.45) is 0 Å². The van der Waals surface area contributed by atoms with E-state index in [-0.39, 0.29) is 24.4 Å². The van der Waals surface area contributed by atoms with Crippen LogP contribution in [0.4, 0.5) is 10.5 Å². The molecule has 2 amide bonds. The lowest BCUT2D eigenvalue weighted by Crippen LogP contribution is -2.42. The number of ether oxygens (including phenoxy) is 1. The number of non-ortho nitro benzene ring substituents is 1. The van der Waals surface area contributed by atoms with Crippen molar-refractivity contribution in [3.63, 3.8) is 0 Å². The van der Waals surface area contributed by atoms with Crippen molar-refractivity contribution in [2.75, 3.05) is 13.2 Å². The van der Waals surface area contributed by atoms with E-state index in [4.69, 9.17) is 0 Å². The lowest BCUT2D eigenvalue weighted by Gasteiger charge is -2.14. The zero-order chi connectivity index (χ0) is 14.0. The Labute approximate surface area is 106 Å². The minimum Gasteiger partial charge on any atom is -0.507 e. The number of hydrazine groups is 1. The highest BCUT2D eigenvalue weighted by atomic mass is 16.6. The van der Waals surface area contributed by atoms with Crippen LogP contribution in [0.25, 0.3) is 0 Å². The molecule has 1 heterocycles. The van der Waals surface area contributed by atoms with Crippen LogP contribution in [0, 0.1) is 10.1 Å². The molecule has 100 valence electrons. The van der Waals surface area contributed by atoms with Crippen LogP contribution >= 0.6 is 0 Å². The number of nitrogens with zero attached hydrogens (tertiary/aromatic N) is 2. The number of carbonyl (C=O) groups is 2. The van der Waals surface area contributed by atoms with Gasteiger partial charge < -0.3 is 9.84 Å². The summed E-state index contributed by atoms with van der Waals surface area (Å²) in [5, 5.41) is 21.0. The molecule has 0 atom stereocenters. The summed E-state index contributed by atoms with van der Waals surface area (Å²) in [4.78, 5) is 32.8. The molecule has 0 aliphatic carbocycles. The number of nitrogens with one attached hydrogen (secondary N) is 1. The van der Waals surface area contributed by atoms with Gasteiger partial charge in [-0.05, 0) is 6.07 Å². The molecule has 1 aliphatic rings. The van der Waals surface area contributed by atoms with Gasteiger partial charge in [0, 0.05) is 12.1 Å². The molecule has 1 aliphatic heterocycles. The number of amides is 2. The third-order valence-electron chi connectivity index (χ3n) is 2.43. The fraction of sp³-hybridized carbons (Fsp3) is 0.200. The molecule has 0 spiro atoms. The molecular weight excluding hydrogens is 258 g/mol. The fourth-order valence-electron chi connectivity index (χ4n) is 1.50. The van der Waals surface area contributed by atoms with Gasteiger partial charge in [0.1, 0.15) is 12.4 Å². The number of phenolic OH excluding ortho intramolecular Hbond substituents is 1. The van der Waals surface area contributed by atoms with Crippen molar-refractivity contribution >= 4 is 17.7 Å². The summed E-state index contributed by atoms with van der Waals surface area (Å²) < 4.78 is 4.60. The first kappa shape index (κ1) is 12.6. The smallest absolute Gasteiger partial charge is 0.428 e. The van der Waals surface area contributed by atoms with Gasteiger partial charge in [0.15, 0.2) is 0 Å². The molecular formula is C10H9N3O6. The first-order valence-corrected chi connectivity index (χ1v) is 5.21. The fourth-order valence-corrected chi connectivity index (χ4v) is 1.50. The number of nitro groups is 1.